The van der Waals surface area contributed by atoms with Crippen molar-refractivity contribution < 1.29 is 32.7 Å². The molecular formula is C35H61BrN2O9Si2. The molecule has 0 saturated carbocycles. The molecule has 0 bridgehead atoms. The van der Waals surface area contributed by atoms with Crippen LogP contribution in [-0.4, -0.2) is 69.1 Å². The Balaban J connectivity index is 2.44. The maximum Gasteiger partial charge on any atom is 0.334 e. The fraction of sp³-hybridized carbons (Fsp3) is 0.771. The van der Waals surface area contributed by atoms with Gasteiger partial charge in [0.15, 0.2) is 16.6 Å². The van der Waals surface area contributed by atoms with Crippen molar-refractivity contribution in [2.24, 2.45) is 11.8 Å². The molecule has 1 N–H and O–H groups in total. The molecule has 1 aliphatic heterocycles. The summed E-state index contributed by atoms with van der Waals surface area (Å²) in [7, 11) is -4.67. The van der Waals surface area contributed by atoms with E-state index in [1.165, 1.54) is 21.8 Å². The third-order valence-corrected chi connectivity index (χ3v) is 19.0. The molecule has 1 fully saturated rings. The predicted octanol–water partition coefficient (Wildman–Crippen LogP) is 7.52. The van der Waals surface area contributed by atoms with Gasteiger partial charge in [0.2, 0.25) is 0 Å². The molecule has 2 rings (SSSR count). The highest BCUT2D eigenvalue weighted by molar-refractivity contribution is 9.11. The van der Waals surface area contributed by atoms with Crippen molar-refractivity contribution in [3.8, 4) is 0 Å². The van der Waals surface area contributed by atoms with Crippen LogP contribution in [0.1, 0.15) is 100 Å². The van der Waals surface area contributed by atoms with E-state index in [1.807, 2.05) is 27.7 Å². The Labute approximate surface area is 303 Å². The molecule has 0 aromatic carbocycles. The molecule has 5 atom stereocenters. The first-order valence-electron chi connectivity index (χ1n) is 17.3. The third kappa shape index (κ3) is 12.1. The molecule has 0 unspecified atom stereocenters. The lowest BCUT2D eigenvalue weighted by Gasteiger charge is -2.39. The van der Waals surface area contributed by atoms with Crippen molar-refractivity contribution in [3.63, 3.8) is 0 Å². The third-order valence-electron chi connectivity index (χ3n) is 9.77. The second-order valence-corrected chi connectivity index (χ2v) is 27.0. The molecule has 49 heavy (non-hydrogen) atoms. The number of aromatic amines is 1. The number of rotatable bonds is 15. The van der Waals surface area contributed by atoms with Crippen LogP contribution in [0.2, 0.25) is 36.3 Å². The number of carbonyl (C=O) groups excluding carboxylic acids is 2. The zero-order valence-electron chi connectivity index (χ0n) is 32.1. The lowest BCUT2D eigenvalue weighted by Crippen LogP contribution is -2.48. The van der Waals surface area contributed by atoms with Crippen LogP contribution in [0.3, 0.4) is 0 Å². The fourth-order valence-corrected chi connectivity index (χ4v) is 7.63. The van der Waals surface area contributed by atoms with E-state index < -0.39 is 70.5 Å². The van der Waals surface area contributed by atoms with Crippen molar-refractivity contribution in [2.45, 2.75) is 155 Å². The summed E-state index contributed by atoms with van der Waals surface area (Å²) in [6, 6.07) is 0. The fourth-order valence-electron chi connectivity index (χ4n) is 4.83. The van der Waals surface area contributed by atoms with Crippen molar-refractivity contribution >= 4 is 50.6 Å². The Hall–Kier alpha value is -1.85. The van der Waals surface area contributed by atoms with Gasteiger partial charge >= 0.3 is 17.6 Å². The quantitative estimate of drug-likeness (QED) is 0.141. The number of aromatic nitrogens is 2. The number of hydrogen-bond acceptors (Lipinski definition) is 9. The molecule has 2 heterocycles. The van der Waals surface area contributed by atoms with Crippen LogP contribution in [0.5, 0.6) is 0 Å². The normalized spacial score (nSPS) is 20.6. The second-order valence-electron chi connectivity index (χ2n) is 17.0. The lowest BCUT2D eigenvalue weighted by molar-refractivity contribution is -0.168. The number of halogens is 1. The number of esters is 2. The van der Waals surface area contributed by atoms with Crippen LogP contribution >= 0.6 is 15.9 Å². The van der Waals surface area contributed by atoms with Crippen molar-refractivity contribution in [2.75, 3.05) is 6.61 Å². The molecule has 0 radical (unpaired) electrons. The summed E-state index contributed by atoms with van der Waals surface area (Å²) in [6.07, 6.45) is -0.321. The molecule has 1 aliphatic rings. The highest BCUT2D eigenvalue weighted by Crippen LogP contribution is 2.40. The molecule has 11 nitrogen and oxygen atoms in total. The van der Waals surface area contributed by atoms with Gasteiger partial charge in [0.25, 0.3) is 5.56 Å². The standard InChI is InChI=1S/C35H61BrN2O9Si2/c1-22(2)17-26(46-48(11,12)34(5,6)7)31(40)43-21-28-25(19-29(44-28)38-20-24(15-16-36)30(39)37-33(38)42)45-32(41)27(18-23(3)4)47-49(13,14)35(8,9)10/h15-16,20,22-23,25-29H,17-19,21H2,1-14H3,(H,37,39,42)/b16-15+/t25-,26-,27-,28+,29+/m0/s1. The van der Waals surface area contributed by atoms with E-state index in [4.69, 9.17) is 23.1 Å². The molecule has 0 spiro atoms. The van der Waals surface area contributed by atoms with Gasteiger partial charge in [-0.25, -0.2) is 14.4 Å². The predicted molar refractivity (Wildman–Crippen MR) is 202 cm³/mol. The average molecular weight is 790 g/mol. The zero-order valence-corrected chi connectivity index (χ0v) is 35.7. The van der Waals surface area contributed by atoms with Gasteiger partial charge in [-0.15, -0.1) is 0 Å². The Kier molecular flexibility index (Phi) is 15.1. The number of nitrogens with zero attached hydrogens (tertiary/aromatic N) is 1. The minimum atomic E-state index is -2.35. The van der Waals surface area contributed by atoms with Gasteiger partial charge in [0, 0.05) is 12.6 Å². The Morgan fingerprint density at radius 3 is 1.88 bits per heavy atom. The highest BCUT2D eigenvalue weighted by atomic mass is 79.9. The molecule has 1 aromatic rings. The molecular weight excluding hydrogens is 728 g/mol. The van der Waals surface area contributed by atoms with Crippen LogP contribution < -0.4 is 11.2 Å². The lowest BCUT2D eigenvalue weighted by atomic mass is 10.1. The van der Waals surface area contributed by atoms with E-state index in [9.17, 15) is 19.2 Å². The van der Waals surface area contributed by atoms with Gasteiger partial charge < -0.3 is 23.1 Å². The van der Waals surface area contributed by atoms with Crippen LogP contribution in [0, 0.1) is 11.8 Å². The Morgan fingerprint density at radius 1 is 0.939 bits per heavy atom. The first-order valence-corrected chi connectivity index (χ1v) is 24.0. The molecule has 14 heteroatoms. The maximum absolute atomic E-state index is 13.9. The SMILES string of the molecule is CC(C)C[C@H](O[Si](C)(C)C(C)(C)C)C(=O)OC[C@H]1O[C@@H](n2cc(/C=C/Br)c(=O)[nH]c2=O)C[C@@H]1OC(=O)[C@H](CC(C)C)O[Si](C)(C)C(C)(C)C. The average Bonchev–Trinajstić information content (AvgIpc) is 3.32. The van der Waals surface area contributed by atoms with E-state index >= 15 is 0 Å². The number of carbonyl (C=O) groups is 2. The van der Waals surface area contributed by atoms with Gasteiger partial charge in [0.1, 0.15) is 37.3 Å². The minimum Gasteiger partial charge on any atom is -0.461 e. The van der Waals surface area contributed by atoms with Crippen molar-refractivity contribution in [3.05, 3.63) is 37.6 Å². The van der Waals surface area contributed by atoms with Crippen LogP contribution in [0.15, 0.2) is 20.8 Å². The molecule has 1 saturated heterocycles. The monoisotopic (exact) mass is 788 g/mol. The maximum atomic E-state index is 13.9. The largest absolute Gasteiger partial charge is 0.461 e. The van der Waals surface area contributed by atoms with Gasteiger partial charge in [0.05, 0.1) is 5.56 Å². The van der Waals surface area contributed by atoms with Crippen LogP contribution in [0.4, 0.5) is 0 Å². The smallest absolute Gasteiger partial charge is 0.334 e. The molecule has 1 aromatic heterocycles. The van der Waals surface area contributed by atoms with Crippen molar-refractivity contribution in [1.82, 2.24) is 9.55 Å². The van der Waals surface area contributed by atoms with E-state index in [2.05, 4.69) is 88.6 Å². The van der Waals surface area contributed by atoms with E-state index in [0.29, 0.717) is 12.8 Å². The van der Waals surface area contributed by atoms with E-state index in [-0.39, 0.29) is 40.5 Å². The van der Waals surface area contributed by atoms with E-state index in [1.54, 1.807) is 0 Å². The number of nitrogens with one attached hydrogen (secondary N) is 1. The van der Waals surface area contributed by atoms with Gasteiger partial charge in [-0.2, -0.15) is 0 Å². The topological polar surface area (TPSA) is 135 Å². The Morgan fingerprint density at radius 2 is 1.43 bits per heavy atom. The number of H-pyrrole nitrogens is 1. The number of ether oxygens (including phenoxy) is 3. The zero-order chi connectivity index (χ0) is 37.7. The van der Waals surface area contributed by atoms with Crippen LogP contribution in [-0.2, 0) is 32.7 Å². The summed E-state index contributed by atoms with van der Waals surface area (Å²) in [4.78, 5) is 56.6. The summed E-state index contributed by atoms with van der Waals surface area (Å²) in [5.74, 6) is -0.705. The van der Waals surface area contributed by atoms with Crippen LogP contribution in [0.25, 0.3) is 6.08 Å². The number of hydrogen-bond donors (Lipinski definition) is 1. The first-order chi connectivity index (χ1) is 22.3. The summed E-state index contributed by atoms with van der Waals surface area (Å²) in [6.45, 7) is 28.9. The van der Waals surface area contributed by atoms with E-state index in [0.717, 1.165) is 0 Å². The molecule has 0 aliphatic carbocycles. The molecule has 280 valence electrons. The summed E-state index contributed by atoms with van der Waals surface area (Å²) in [5, 5.41) is -0.248. The van der Waals surface area contributed by atoms with Gasteiger partial charge in [-0.1, -0.05) is 85.2 Å². The minimum absolute atomic E-state index is 0.0851. The second kappa shape index (κ2) is 17.1. The van der Waals surface area contributed by atoms with Gasteiger partial charge in [-0.05, 0) is 72.0 Å². The van der Waals surface area contributed by atoms with Crippen molar-refractivity contribution in [1.29, 1.82) is 0 Å². The first kappa shape index (κ1) is 43.3. The summed E-state index contributed by atoms with van der Waals surface area (Å²) >= 11 is 3.17. The van der Waals surface area contributed by atoms with Gasteiger partial charge in [-0.3, -0.25) is 14.3 Å². The summed E-state index contributed by atoms with van der Waals surface area (Å²) < 4.78 is 32.6. The highest BCUT2D eigenvalue weighted by Gasteiger charge is 2.46. The Bertz CT molecular complexity index is 1420. The molecule has 0 amide bonds. The summed E-state index contributed by atoms with van der Waals surface area (Å²) in [5.41, 5.74) is -1.01.